The Bertz CT molecular complexity index is 358. The monoisotopic (exact) mass is 357 g/mol. The first-order valence-electron chi connectivity index (χ1n) is 10.00. The highest BCUT2D eigenvalue weighted by molar-refractivity contribution is 5.81. The molecule has 148 valence electrons. The first-order chi connectivity index (χ1) is 11.9. The Morgan fingerprint density at radius 2 is 1.36 bits per heavy atom. The first-order valence-corrected chi connectivity index (χ1v) is 10.00. The lowest BCUT2D eigenvalue weighted by Gasteiger charge is -2.27. The largest absolute Gasteiger partial charge is 0.464 e. The van der Waals surface area contributed by atoms with Crippen molar-refractivity contribution in [2.75, 3.05) is 20.3 Å². The van der Waals surface area contributed by atoms with Gasteiger partial charge in [0.15, 0.2) is 0 Å². The Morgan fingerprint density at radius 3 is 1.84 bits per heavy atom. The number of hydrogen-bond acceptors (Lipinski definition) is 4. The van der Waals surface area contributed by atoms with E-state index < -0.39 is 12.1 Å². The highest BCUT2D eigenvalue weighted by atomic mass is 16.6. The molecule has 0 saturated heterocycles. The molecule has 0 fully saturated rings. The zero-order valence-corrected chi connectivity index (χ0v) is 17.0. The number of nitrogens with zero attached hydrogens (tertiary/aromatic N) is 1. The minimum absolute atomic E-state index is 0.289. The number of hydrogen-bond donors (Lipinski definition) is 0. The van der Waals surface area contributed by atoms with Gasteiger partial charge in [-0.3, -0.25) is 4.90 Å². The molecule has 0 aromatic heterocycles. The third kappa shape index (κ3) is 11.8. The summed E-state index contributed by atoms with van der Waals surface area (Å²) in [5, 5.41) is 0. The van der Waals surface area contributed by atoms with Crippen LogP contribution in [0.25, 0.3) is 0 Å². The molecule has 0 unspecified atom stereocenters. The van der Waals surface area contributed by atoms with E-state index in [1.165, 1.54) is 4.90 Å². The lowest BCUT2D eigenvalue weighted by Crippen LogP contribution is -2.44. The van der Waals surface area contributed by atoms with Crippen molar-refractivity contribution in [3.05, 3.63) is 0 Å². The maximum Gasteiger partial charge on any atom is 0.410 e. The van der Waals surface area contributed by atoms with Crippen LogP contribution in [-0.2, 0) is 14.3 Å². The number of unbranched alkanes of at least 4 members (excludes halogenated alkanes) is 6. The molecule has 0 spiro atoms. The van der Waals surface area contributed by atoms with E-state index in [0.29, 0.717) is 19.6 Å². The zero-order valence-electron chi connectivity index (χ0n) is 17.0. The van der Waals surface area contributed by atoms with Gasteiger partial charge in [-0.05, 0) is 25.2 Å². The number of carbonyl (C=O) groups is 2. The summed E-state index contributed by atoms with van der Waals surface area (Å²) >= 11 is 0. The maximum atomic E-state index is 12.4. The average Bonchev–Trinajstić information content (AvgIpc) is 2.58. The van der Waals surface area contributed by atoms with Crippen LogP contribution in [0.3, 0.4) is 0 Å². The highest BCUT2D eigenvalue weighted by Crippen LogP contribution is 2.14. The first kappa shape index (κ1) is 23.7. The van der Waals surface area contributed by atoms with Crippen molar-refractivity contribution >= 4 is 12.1 Å². The summed E-state index contributed by atoms with van der Waals surface area (Å²) in [5.74, 6) is -0.0342. The summed E-state index contributed by atoms with van der Waals surface area (Å²) in [7, 11) is 1.62. The second-order valence-corrected chi connectivity index (χ2v) is 7.16. The summed E-state index contributed by atoms with van der Waals surface area (Å²) in [6.45, 7) is 9.19. The van der Waals surface area contributed by atoms with Gasteiger partial charge in [-0.1, -0.05) is 66.2 Å². The third-order valence-electron chi connectivity index (χ3n) is 4.19. The van der Waals surface area contributed by atoms with Gasteiger partial charge in [-0.15, -0.1) is 0 Å². The number of rotatable bonds is 14. The number of likely N-dealkylation sites (N-methyl/N-ethyl adjacent to an activating group) is 1. The molecule has 0 radical (unpaired) electrons. The molecule has 1 amide bonds. The fourth-order valence-corrected chi connectivity index (χ4v) is 2.57. The molecule has 0 aliphatic rings. The fraction of sp³-hybridized carbons (Fsp3) is 0.900. The average molecular weight is 358 g/mol. The smallest absolute Gasteiger partial charge is 0.410 e. The molecule has 0 N–H and O–H groups in total. The molecule has 0 aliphatic heterocycles. The number of amides is 1. The van der Waals surface area contributed by atoms with E-state index in [1.54, 1.807) is 7.05 Å². The van der Waals surface area contributed by atoms with Gasteiger partial charge in [0.2, 0.25) is 0 Å². The quantitative estimate of drug-likeness (QED) is 0.318. The summed E-state index contributed by atoms with van der Waals surface area (Å²) in [5.41, 5.74) is 0. The number of carbonyl (C=O) groups excluding carboxylic acids is 2. The molecule has 5 heteroatoms. The standard InChI is InChI=1S/C20H39NO4/c1-6-8-10-12-14-24-19(22)18(16-17(3)4)21(5)20(23)25-15-13-11-9-7-2/h17-18H,6-16H2,1-5H3/t18-/m0/s1. The fourth-order valence-electron chi connectivity index (χ4n) is 2.57. The third-order valence-corrected chi connectivity index (χ3v) is 4.19. The van der Waals surface area contributed by atoms with Crippen LogP contribution >= 0.6 is 0 Å². The van der Waals surface area contributed by atoms with Crippen LogP contribution < -0.4 is 0 Å². The molecule has 0 rings (SSSR count). The molecule has 0 aromatic carbocycles. The van der Waals surface area contributed by atoms with E-state index in [0.717, 1.165) is 51.4 Å². The molecular weight excluding hydrogens is 318 g/mol. The van der Waals surface area contributed by atoms with Gasteiger partial charge in [-0.2, -0.15) is 0 Å². The van der Waals surface area contributed by atoms with Crippen LogP contribution in [0.1, 0.15) is 85.5 Å². The van der Waals surface area contributed by atoms with E-state index in [9.17, 15) is 9.59 Å². The van der Waals surface area contributed by atoms with Crippen LogP contribution in [-0.4, -0.2) is 43.3 Å². The Morgan fingerprint density at radius 1 is 0.840 bits per heavy atom. The van der Waals surface area contributed by atoms with Crippen molar-refractivity contribution in [3.63, 3.8) is 0 Å². The predicted octanol–water partition coefficient (Wildman–Crippen LogP) is 5.17. The number of esters is 1. The van der Waals surface area contributed by atoms with Crippen molar-refractivity contribution in [2.45, 2.75) is 91.5 Å². The van der Waals surface area contributed by atoms with Gasteiger partial charge in [0.1, 0.15) is 6.04 Å². The van der Waals surface area contributed by atoms with Gasteiger partial charge >= 0.3 is 12.1 Å². The highest BCUT2D eigenvalue weighted by Gasteiger charge is 2.29. The normalized spacial score (nSPS) is 12.1. The van der Waals surface area contributed by atoms with Crippen LogP contribution in [0, 0.1) is 5.92 Å². The second kappa shape index (κ2) is 15.0. The van der Waals surface area contributed by atoms with Crippen molar-refractivity contribution < 1.29 is 19.1 Å². The van der Waals surface area contributed by atoms with Gasteiger partial charge in [0, 0.05) is 7.05 Å². The molecule has 25 heavy (non-hydrogen) atoms. The lowest BCUT2D eigenvalue weighted by molar-refractivity contribution is -0.149. The molecule has 0 bridgehead atoms. The van der Waals surface area contributed by atoms with Gasteiger partial charge in [0.05, 0.1) is 13.2 Å². The summed E-state index contributed by atoms with van der Waals surface area (Å²) in [4.78, 5) is 26.0. The maximum absolute atomic E-state index is 12.4. The van der Waals surface area contributed by atoms with Crippen LogP contribution in [0.15, 0.2) is 0 Å². The lowest BCUT2D eigenvalue weighted by atomic mass is 10.0. The Labute approximate surface area is 154 Å². The molecule has 1 atom stereocenters. The van der Waals surface area contributed by atoms with E-state index in [1.807, 2.05) is 13.8 Å². The minimum Gasteiger partial charge on any atom is -0.464 e. The van der Waals surface area contributed by atoms with Crippen LogP contribution in [0.2, 0.25) is 0 Å². The van der Waals surface area contributed by atoms with E-state index >= 15 is 0 Å². The topological polar surface area (TPSA) is 55.8 Å². The molecule has 5 nitrogen and oxygen atoms in total. The van der Waals surface area contributed by atoms with Crippen molar-refractivity contribution in [1.82, 2.24) is 4.90 Å². The second-order valence-electron chi connectivity index (χ2n) is 7.16. The van der Waals surface area contributed by atoms with E-state index in [2.05, 4.69) is 13.8 Å². The summed E-state index contributed by atoms with van der Waals surface area (Å²) in [6.07, 6.45) is 8.59. The minimum atomic E-state index is -0.575. The van der Waals surface area contributed by atoms with Crippen molar-refractivity contribution in [1.29, 1.82) is 0 Å². The van der Waals surface area contributed by atoms with Crippen molar-refractivity contribution in [2.24, 2.45) is 5.92 Å². The Balaban J connectivity index is 4.40. The molecule has 0 saturated carbocycles. The van der Waals surface area contributed by atoms with Gasteiger partial charge in [0.25, 0.3) is 0 Å². The Hall–Kier alpha value is -1.26. The molecular formula is C20H39NO4. The molecule has 0 aromatic rings. The van der Waals surface area contributed by atoms with Crippen molar-refractivity contribution in [3.8, 4) is 0 Å². The predicted molar refractivity (Wildman–Crippen MR) is 102 cm³/mol. The van der Waals surface area contributed by atoms with Gasteiger partial charge in [-0.25, -0.2) is 9.59 Å². The number of ether oxygens (including phenoxy) is 2. The zero-order chi connectivity index (χ0) is 19.1. The van der Waals surface area contributed by atoms with Gasteiger partial charge < -0.3 is 9.47 Å². The Kier molecular flexibility index (Phi) is 14.3. The van der Waals surface area contributed by atoms with E-state index in [4.69, 9.17) is 9.47 Å². The van der Waals surface area contributed by atoms with E-state index in [-0.39, 0.29) is 11.9 Å². The van der Waals surface area contributed by atoms with Crippen LogP contribution in [0.4, 0.5) is 4.79 Å². The molecule has 0 heterocycles. The summed E-state index contributed by atoms with van der Waals surface area (Å²) < 4.78 is 10.7. The van der Waals surface area contributed by atoms with Crippen LogP contribution in [0.5, 0.6) is 0 Å². The molecule has 0 aliphatic carbocycles. The SMILES string of the molecule is CCCCCCOC(=O)[C@H](CC(C)C)N(C)C(=O)OCCCCCC. The summed E-state index contributed by atoms with van der Waals surface area (Å²) in [6, 6.07) is -0.575.